The molecule has 1 aromatic heterocycles. The number of hydrogen-bond acceptors (Lipinski definition) is 5. The minimum atomic E-state index is 0.181. The lowest BCUT2D eigenvalue weighted by molar-refractivity contribution is 0.741. The van der Waals surface area contributed by atoms with Crippen molar-refractivity contribution < 1.29 is 0 Å². The summed E-state index contributed by atoms with van der Waals surface area (Å²) in [6.07, 6.45) is 2.79. The van der Waals surface area contributed by atoms with E-state index < -0.39 is 0 Å². The van der Waals surface area contributed by atoms with Crippen LogP contribution in [0.5, 0.6) is 0 Å². The Labute approximate surface area is 139 Å². The van der Waals surface area contributed by atoms with E-state index in [0.717, 1.165) is 33.3 Å². The highest BCUT2D eigenvalue weighted by Crippen LogP contribution is 2.32. The summed E-state index contributed by atoms with van der Waals surface area (Å²) in [5, 5.41) is 6.63. The first-order valence-electron chi connectivity index (χ1n) is 6.88. The zero-order valence-corrected chi connectivity index (χ0v) is 14.6. The van der Waals surface area contributed by atoms with Gasteiger partial charge in [-0.15, -0.1) is 23.1 Å². The molecule has 1 aromatic carbocycles. The molecule has 21 heavy (non-hydrogen) atoms. The van der Waals surface area contributed by atoms with Crippen molar-refractivity contribution in [3.05, 3.63) is 40.3 Å². The summed E-state index contributed by atoms with van der Waals surface area (Å²) in [5.74, 6) is 0.989. The number of nitrogens with zero attached hydrogens (tertiary/aromatic N) is 1. The molecule has 2 aromatic rings. The monoisotopic (exact) mass is 337 g/mol. The van der Waals surface area contributed by atoms with E-state index in [1.54, 1.807) is 23.1 Å². The van der Waals surface area contributed by atoms with Gasteiger partial charge in [0.05, 0.1) is 6.04 Å². The third-order valence-corrected chi connectivity index (χ3v) is 5.09. The van der Waals surface area contributed by atoms with Crippen molar-refractivity contribution >= 4 is 46.0 Å². The Morgan fingerprint density at radius 1 is 1.48 bits per heavy atom. The molecule has 0 saturated heterocycles. The van der Waals surface area contributed by atoms with Gasteiger partial charge in [-0.2, -0.15) is 0 Å². The molecule has 3 nitrogen and oxygen atoms in total. The highest BCUT2D eigenvalue weighted by atomic mass is 32.2. The molecule has 112 valence electrons. The lowest BCUT2D eigenvalue weighted by Crippen LogP contribution is -2.17. The molecule has 0 saturated carbocycles. The van der Waals surface area contributed by atoms with Gasteiger partial charge in [0.2, 0.25) is 0 Å². The van der Waals surface area contributed by atoms with Crippen LogP contribution < -0.4 is 11.1 Å². The van der Waals surface area contributed by atoms with Crippen LogP contribution in [0.1, 0.15) is 36.9 Å². The van der Waals surface area contributed by atoms with Gasteiger partial charge >= 0.3 is 0 Å². The Hall–Kier alpha value is -1.11. The van der Waals surface area contributed by atoms with Crippen LogP contribution in [0.3, 0.4) is 0 Å². The summed E-state index contributed by atoms with van der Waals surface area (Å²) in [4.78, 5) is 5.97. The van der Waals surface area contributed by atoms with E-state index in [-0.39, 0.29) is 6.04 Å². The van der Waals surface area contributed by atoms with Crippen LogP contribution in [0, 0.1) is 0 Å². The molecule has 1 atom stereocenters. The molecular formula is C15H19N3S3. The van der Waals surface area contributed by atoms with E-state index in [0.29, 0.717) is 4.99 Å². The van der Waals surface area contributed by atoms with Gasteiger partial charge in [-0.05, 0) is 24.3 Å². The van der Waals surface area contributed by atoms with Crippen LogP contribution >= 0.6 is 35.3 Å². The van der Waals surface area contributed by atoms with Gasteiger partial charge in [-0.3, -0.25) is 0 Å². The zero-order valence-electron chi connectivity index (χ0n) is 12.1. The Morgan fingerprint density at radius 2 is 2.29 bits per heavy atom. The molecule has 0 radical (unpaired) electrons. The maximum Gasteiger partial charge on any atom is 0.115 e. The number of rotatable bonds is 7. The van der Waals surface area contributed by atoms with Gasteiger partial charge < -0.3 is 11.1 Å². The van der Waals surface area contributed by atoms with E-state index in [1.165, 1.54) is 0 Å². The molecule has 0 aliphatic carbocycles. The molecule has 6 heteroatoms. The second kappa shape index (κ2) is 7.77. The van der Waals surface area contributed by atoms with E-state index in [2.05, 4.69) is 30.2 Å². The molecular weight excluding hydrogens is 318 g/mol. The van der Waals surface area contributed by atoms with Crippen molar-refractivity contribution in [2.75, 3.05) is 11.1 Å². The predicted octanol–water partition coefficient (Wildman–Crippen LogP) is 4.45. The number of hydrogen-bond donors (Lipinski definition) is 2. The zero-order chi connectivity index (χ0) is 15.2. The van der Waals surface area contributed by atoms with Crippen molar-refractivity contribution in [2.45, 2.75) is 31.2 Å². The number of nitrogens with two attached hydrogens (primary N) is 1. The molecule has 0 spiro atoms. The minimum Gasteiger partial charge on any atom is -0.389 e. The standard InChI is InChI=1S/C15H19N3S3/c1-3-10(15-17-8-9-21-15)18-11-6-5-7-12(20-4-2)13(11)14(16)19/h5-10,18H,3-4H2,1-2H3,(H2,16,19). The van der Waals surface area contributed by atoms with Crippen LogP contribution in [-0.4, -0.2) is 15.7 Å². The van der Waals surface area contributed by atoms with E-state index in [9.17, 15) is 0 Å². The quantitative estimate of drug-likeness (QED) is 0.577. The number of thiocarbonyl (C=S) groups is 1. The Bertz CT molecular complexity index is 596. The van der Waals surface area contributed by atoms with Gasteiger partial charge in [0.15, 0.2) is 0 Å². The highest BCUT2D eigenvalue weighted by molar-refractivity contribution is 7.99. The molecule has 1 unspecified atom stereocenters. The van der Waals surface area contributed by atoms with Crippen LogP contribution in [0.4, 0.5) is 5.69 Å². The molecule has 0 fully saturated rings. The Kier molecular flexibility index (Phi) is 6.02. The van der Waals surface area contributed by atoms with Gasteiger partial charge in [0.1, 0.15) is 10.00 Å². The molecule has 0 amide bonds. The number of thioether (sulfide) groups is 1. The number of thiazole rings is 1. The lowest BCUT2D eigenvalue weighted by atomic mass is 10.1. The topological polar surface area (TPSA) is 50.9 Å². The first kappa shape index (κ1) is 16.3. The smallest absolute Gasteiger partial charge is 0.115 e. The van der Waals surface area contributed by atoms with Gasteiger partial charge in [0.25, 0.3) is 0 Å². The summed E-state index contributed by atoms with van der Waals surface area (Å²) in [5.41, 5.74) is 7.87. The van der Waals surface area contributed by atoms with Crippen molar-refractivity contribution in [3.8, 4) is 0 Å². The van der Waals surface area contributed by atoms with Crippen molar-refractivity contribution in [2.24, 2.45) is 5.73 Å². The number of nitrogens with one attached hydrogen (secondary N) is 1. The molecule has 1 heterocycles. The first-order valence-corrected chi connectivity index (χ1v) is 9.16. The van der Waals surface area contributed by atoms with Crippen LogP contribution in [-0.2, 0) is 0 Å². The SMILES string of the molecule is CCSc1cccc(NC(CC)c2nccs2)c1C(N)=S. The second-order valence-corrected chi connectivity index (χ2v) is 7.12. The van der Waals surface area contributed by atoms with Gasteiger partial charge in [0, 0.05) is 27.7 Å². The third kappa shape index (κ3) is 3.96. The predicted molar refractivity (Wildman–Crippen MR) is 97.5 cm³/mol. The molecule has 0 aliphatic heterocycles. The van der Waals surface area contributed by atoms with Crippen molar-refractivity contribution in [1.29, 1.82) is 0 Å². The molecule has 3 N–H and O–H groups in total. The second-order valence-electron chi connectivity index (χ2n) is 4.45. The summed E-state index contributed by atoms with van der Waals surface area (Å²) in [6, 6.07) is 6.32. The van der Waals surface area contributed by atoms with E-state index in [4.69, 9.17) is 18.0 Å². The lowest BCUT2D eigenvalue weighted by Gasteiger charge is -2.20. The highest BCUT2D eigenvalue weighted by Gasteiger charge is 2.16. The summed E-state index contributed by atoms with van der Waals surface area (Å²) < 4.78 is 0. The fourth-order valence-corrected chi connectivity index (χ4v) is 4.02. The minimum absolute atomic E-state index is 0.181. The van der Waals surface area contributed by atoms with Gasteiger partial charge in [-0.1, -0.05) is 32.1 Å². The van der Waals surface area contributed by atoms with Crippen molar-refractivity contribution in [3.63, 3.8) is 0 Å². The average molecular weight is 338 g/mol. The fourth-order valence-electron chi connectivity index (χ4n) is 2.11. The molecule has 0 bridgehead atoms. The van der Waals surface area contributed by atoms with E-state index in [1.807, 2.05) is 23.7 Å². The third-order valence-electron chi connectivity index (χ3n) is 3.06. The Balaban J connectivity index is 2.34. The summed E-state index contributed by atoms with van der Waals surface area (Å²) >= 11 is 8.67. The normalized spacial score (nSPS) is 12.1. The number of aromatic nitrogens is 1. The largest absolute Gasteiger partial charge is 0.389 e. The molecule has 2 rings (SSSR count). The molecule has 0 aliphatic rings. The number of anilines is 1. The van der Waals surface area contributed by atoms with E-state index >= 15 is 0 Å². The maximum atomic E-state index is 5.95. The van der Waals surface area contributed by atoms with Crippen LogP contribution in [0.15, 0.2) is 34.7 Å². The average Bonchev–Trinajstić information content (AvgIpc) is 2.99. The van der Waals surface area contributed by atoms with Crippen molar-refractivity contribution in [1.82, 2.24) is 4.98 Å². The fraction of sp³-hybridized carbons (Fsp3) is 0.333. The van der Waals surface area contributed by atoms with Crippen LogP contribution in [0.2, 0.25) is 0 Å². The summed E-state index contributed by atoms with van der Waals surface area (Å²) in [6.45, 7) is 4.27. The Morgan fingerprint density at radius 3 is 2.86 bits per heavy atom. The summed E-state index contributed by atoms with van der Waals surface area (Å²) in [7, 11) is 0. The maximum absolute atomic E-state index is 5.95. The van der Waals surface area contributed by atoms with Gasteiger partial charge in [-0.25, -0.2) is 4.98 Å². The number of benzene rings is 1. The first-order chi connectivity index (χ1) is 10.2. The van der Waals surface area contributed by atoms with Crippen LogP contribution in [0.25, 0.3) is 0 Å².